The molecule has 2 aromatic heterocycles. The predicted molar refractivity (Wildman–Crippen MR) is 131 cm³/mol. The van der Waals surface area contributed by atoms with Crippen LogP contribution in [0.5, 0.6) is 0 Å². The lowest BCUT2D eigenvalue weighted by Gasteiger charge is -2.24. The van der Waals surface area contributed by atoms with E-state index in [1.165, 1.54) is 26.9 Å². The molecule has 0 unspecified atom stereocenters. The zero-order valence-electron chi connectivity index (χ0n) is 18.5. The molecule has 3 rings (SSSR count). The van der Waals surface area contributed by atoms with Crippen LogP contribution in [0, 0.1) is 12.8 Å². The Morgan fingerprint density at radius 2 is 1.94 bits per heavy atom. The minimum absolute atomic E-state index is 0.00117. The van der Waals surface area contributed by atoms with Crippen molar-refractivity contribution in [3.8, 4) is 0 Å². The van der Waals surface area contributed by atoms with Crippen LogP contribution in [-0.4, -0.2) is 22.0 Å². The number of nitrogens with two attached hydrogens (primary N) is 1. The Kier molecular flexibility index (Phi) is 7.48. The van der Waals surface area contributed by atoms with Gasteiger partial charge in [0.25, 0.3) is 11.5 Å². The minimum atomic E-state index is -0.672. The number of thiophene rings is 1. The van der Waals surface area contributed by atoms with E-state index in [1.54, 1.807) is 6.08 Å². The monoisotopic (exact) mass is 452 g/mol. The van der Waals surface area contributed by atoms with E-state index in [0.29, 0.717) is 18.9 Å². The topological polar surface area (TPSA) is 101 Å². The van der Waals surface area contributed by atoms with E-state index in [1.807, 2.05) is 62.5 Å². The maximum atomic E-state index is 13.2. The van der Waals surface area contributed by atoms with Crippen LogP contribution in [0.25, 0.3) is 6.08 Å². The summed E-state index contributed by atoms with van der Waals surface area (Å²) in [6.07, 6.45) is 3.87. The van der Waals surface area contributed by atoms with Gasteiger partial charge in [0, 0.05) is 17.5 Å². The van der Waals surface area contributed by atoms with Gasteiger partial charge in [0.1, 0.15) is 5.82 Å². The molecule has 0 aliphatic rings. The van der Waals surface area contributed by atoms with Gasteiger partial charge < -0.3 is 10.6 Å². The largest absolute Gasteiger partial charge is 0.383 e. The van der Waals surface area contributed by atoms with Crippen LogP contribution >= 0.6 is 11.3 Å². The minimum Gasteiger partial charge on any atom is -0.383 e. The number of hydrogen-bond acceptors (Lipinski definition) is 5. The second-order valence-electron chi connectivity index (χ2n) is 8.04. The highest BCUT2D eigenvalue weighted by atomic mass is 32.1. The number of amides is 1. The van der Waals surface area contributed by atoms with Crippen LogP contribution < -0.4 is 21.9 Å². The molecule has 3 aromatic rings. The maximum absolute atomic E-state index is 13.2. The average Bonchev–Trinajstić information content (AvgIpc) is 3.16. The van der Waals surface area contributed by atoms with Gasteiger partial charge in [-0.05, 0) is 47.9 Å². The summed E-state index contributed by atoms with van der Waals surface area (Å²) in [6, 6.07) is 11.3. The molecule has 0 spiro atoms. The van der Waals surface area contributed by atoms with Gasteiger partial charge in [0.15, 0.2) is 5.69 Å². The smallest absolute Gasteiger partial charge is 0.330 e. The summed E-state index contributed by atoms with van der Waals surface area (Å²) in [7, 11) is 0. The molecule has 0 atom stereocenters. The van der Waals surface area contributed by atoms with Crippen molar-refractivity contribution in [3.05, 3.63) is 84.7 Å². The van der Waals surface area contributed by atoms with Crippen LogP contribution in [0.2, 0.25) is 0 Å². The van der Waals surface area contributed by atoms with Gasteiger partial charge in [-0.25, -0.2) is 4.79 Å². The van der Waals surface area contributed by atoms with Gasteiger partial charge in [0.05, 0.1) is 6.54 Å². The van der Waals surface area contributed by atoms with Crippen molar-refractivity contribution < 1.29 is 4.79 Å². The second-order valence-corrected chi connectivity index (χ2v) is 8.99. The molecule has 32 heavy (non-hydrogen) atoms. The predicted octanol–water partition coefficient (Wildman–Crippen LogP) is 3.63. The Hall–Kier alpha value is -3.39. The standard InChI is InChI=1S/C24H28N4O3S/c1-16(2)11-13-27(20(29)10-9-19-17(3)12-14-32-19)21-22(25)28(24(31)26-23(21)30)15-18-7-5-4-6-8-18/h4-10,12,14,16H,11,13,15,25H2,1-3H3,(H,26,30,31)/b10-9+. The van der Waals surface area contributed by atoms with E-state index >= 15 is 0 Å². The number of rotatable bonds is 8. The molecule has 8 heteroatoms. The van der Waals surface area contributed by atoms with Gasteiger partial charge in [-0.3, -0.25) is 19.1 Å². The molecular weight excluding hydrogens is 424 g/mol. The van der Waals surface area contributed by atoms with Gasteiger partial charge in [-0.1, -0.05) is 44.2 Å². The maximum Gasteiger partial charge on any atom is 0.330 e. The number of hydrogen-bond donors (Lipinski definition) is 2. The summed E-state index contributed by atoms with van der Waals surface area (Å²) >= 11 is 1.53. The Bertz CT molecular complexity index is 1220. The first kappa shape index (κ1) is 23.3. The van der Waals surface area contributed by atoms with E-state index in [2.05, 4.69) is 4.98 Å². The lowest BCUT2D eigenvalue weighted by molar-refractivity contribution is -0.114. The number of carbonyl (C=O) groups is 1. The molecule has 7 nitrogen and oxygen atoms in total. The molecule has 0 bridgehead atoms. The fraction of sp³-hybridized carbons (Fsp3) is 0.292. The van der Waals surface area contributed by atoms with E-state index in [-0.39, 0.29) is 24.0 Å². The van der Waals surface area contributed by atoms with Crippen molar-refractivity contribution >= 4 is 34.8 Å². The molecule has 0 saturated carbocycles. The first-order valence-corrected chi connectivity index (χ1v) is 11.4. The SMILES string of the molecule is Cc1ccsc1/C=C/C(=O)N(CCC(C)C)c1c(N)n(Cc2ccccc2)c(=O)[nH]c1=O. The molecule has 2 heterocycles. The van der Waals surface area contributed by atoms with Crippen molar-refractivity contribution in [1.29, 1.82) is 0 Å². The van der Waals surface area contributed by atoms with E-state index in [0.717, 1.165) is 16.0 Å². The highest BCUT2D eigenvalue weighted by Crippen LogP contribution is 2.21. The molecule has 0 aliphatic heterocycles. The summed E-state index contributed by atoms with van der Waals surface area (Å²) in [5.74, 6) is -0.0784. The molecule has 0 fully saturated rings. The number of aryl methyl sites for hydroxylation is 1. The Labute approximate surface area is 190 Å². The molecule has 0 radical (unpaired) electrons. The number of nitrogens with one attached hydrogen (secondary N) is 1. The number of nitrogens with zero attached hydrogens (tertiary/aromatic N) is 2. The molecule has 168 valence electrons. The molecule has 3 N–H and O–H groups in total. The normalized spacial score (nSPS) is 11.4. The van der Waals surface area contributed by atoms with Crippen LogP contribution in [0.15, 0.2) is 57.4 Å². The number of anilines is 2. The summed E-state index contributed by atoms with van der Waals surface area (Å²) in [6.45, 7) is 6.54. The van der Waals surface area contributed by atoms with E-state index in [9.17, 15) is 14.4 Å². The van der Waals surface area contributed by atoms with Crippen LogP contribution in [-0.2, 0) is 11.3 Å². The Balaban J connectivity index is 2.03. The van der Waals surface area contributed by atoms with E-state index in [4.69, 9.17) is 5.73 Å². The van der Waals surface area contributed by atoms with Crippen LogP contribution in [0.3, 0.4) is 0 Å². The van der Waals surface area contributed by atoms with Crippen LogP contribution in [0.4, 0.5) is 11.5 Å². The first-order valence-electron chi connectivity index (χ1n) is 10.5. The number of nitrogen functional groups attached to an aromatic ring is 1. The highest BCUT2D eigenvalue weighted by Gasteiger charge is 2.23. The van der Waals surface area contributed by atoms with Crippen molar-refractivity contribution in [2.24, 2.45) is 5.92 Å². The first-order chi connectivity index (χ1) is 15.3. The molecule has 1 aromatic carbocycles. The third kappa shape index (κ3) is 5.45. The third-order valence-corrected chi connectivity index (χ3v) is 6.13. The lowest BCUT2D eigenvalue weighted by atomic mass is 10.1. The van der Waals surface area contributed by atoms with Crippen molar-refractivity contribution in [2.75, 3.05) is 17.2 Å². The highest BCUT2D eigenvalue weighted by molar-refractivity contribution is 7.11. The quantitative estimate of drug-likeness (QED) is 0.510. The number of H-pyrrole nitrogens is 1. The van der Waals surface area contributed by atoms with Crippen molar-refractivity contribution in [1.82, 2.24) is 9.55 Å². The summed E-state index contributed by atoms with van der Waals surface area (Å²) in [4.78, 5) is 43.1. The van der Waals surface area contributed by atoms with Crippen LogP contribution in [0.1, 0.15) is 36.3 Å². The molecule has 1 amide bonds. The van der Waals surface area contributed by atoms with Gasteiger partial charge in [-0.15, -0.1) is 11.3 Å². The van der Waals surface area contributed by atoms with Gasteiger partial charge in [-0.2, -0.15) is 0 Å². The Morgan fingerprint density at radius 3 is 2.56 bits per heavy atom. The summed E-state index contributed by atoms with van der Waals surface area (Å²) in [5.41, 5.74) is 6.96. The number of carbonyl (C=O) groups excluding carboxylic acids is 1. The number of aromatic amines is 1. The lowest BCUT2D eigenvalue weighted by Crippen LogP contribution is -2.41. The Morgan fingerprint density at radius 1 is 1.22 bits per heavy atom. The van der Waals surface area contributed by atoms with Crippen molar-refractivity contribution in [2.45, 2.75) is 33.7 Å². The molecular formula is C24H28N4O3S. The molecule has 0 aliphatic carbocycles. The van der Waals surface area contributed by atoms with Gasteiger partial charge >= 0.3 is 5.69 Å². The van der Waals surface area contributed by atoms with E-state index < -0.39 is 11.2 Å². The molecule has 0 saturated heterocycles. The second kappa shape index (κ2) is 10.3. The third-order valence-electron chi connectivity index (χ3n) is 5.14. The number of benzene rings is 1. The summed E-state index contributed by atoms with van der Waals surface area (Å²) < 4.78 is 1.29. The van der Waals surface area contributed by atoms with Gasteiger partial charge in [0.2, 0.25) is 0 Å². The number of aromatic nitrogens is 2. The summed E-state index contributed by atoms with van der Waals surface area (Å²) in [5, 5.41) is 1.96. The zero-order valence-corrected chi connectivity index (χ0v) is 19.3. The average molecular weight is 453 g/mol. The van der Waals surface area contributed by atoms with Crippen molar-refractivity contribution in [3.63, 3.8) is 0 Å². The zero-order chi connectivity index (χ0) is 23.3. The fourth-order valence-electron chi connectivity index (χ4n) is 3.27. The fourth-order valence-corrected chi connectivity index (χ4v) is 4.09.